The Morgan fingerprint density at radius 2 is 1.90 bits per heavy atom. The highest BCUT2D eigenvalue weighted by molar-refractivity contribution is 7.15. The Morgan fingerprint density at radius 3 is 2.66 bits per heavy atom. The maximum Gasteiger partial charge on any atom is 0.319 e. The van der Waals surface area contributed by atoms with Gasteiger partial charge in [-0.1, -0.05) is 61.2 Å². The van der Waals surface area contributed by atoms with Crippen LogP contribution in [0.1, 0.15) is 48.6 Å². The standard InChI is InChI=1S/C23H24ClN3OS/c24-20-13-18(27-23(28)26-14-16-7-3-1-4-8-16)11-12-19(20)21-15-25-22(29-21)17-9-5-2-6-10-17/h1,3-4,7-8,11-13,15,17H,2,5-6,9-10,14H2,(H2,26,27,28). The van der Waals surface area contributed by atoms with E-state index in [1.807, 2.05) is 48.7 Å². The molecule has 1 aliphatic carbocycles. The van der Waals surface area contributed by atoms with Gasteiger partial charge in [0.25, 0.3) is 0 Å². The van der Waals surface area contributed by atoms with Crippen LogP contribution >= 0.6 is 22.9 Å². The van der Waals surface area contributed by atoms with Crippen LogP contribution in [0, 0.1) is 0 Å². The molecule has 1 heterocycles. The van der Waals surface area contributed by atoms with Crippen LogP contribution in [0.5, 0.6) is 0 Å². The van der Waals surface area contributed by atoms with Crippen molar-refractivity contribution >= 4 is 34.7 Å². The van der Waals surface area contributed by atoms with Crippen molar-refractivity contribution in [3.05, 3.63) is 70.3 Å². The predicted octanol–water partition coefficient (Wildman–Crippen LogP) is 6.83. The van der Waals surface area contributed by atoms with Crippen LogP contribution in [0.4, 0.5) is 10.5 Å². The van der Waals surface area contributed by atoms with Gasteiger partial charge >= 0.3 is 6.03 Å². The third kappa shape index (κ3) is 5.17. The summed E-state index contributed by atoms with van der Waals surface area (Å²) in [7, 11) is 0. The number of rotatable bonds is 5. The maximum absolute atomic E-state index is 12.2. The number of thiazole rings is 1. The molecule has 0 spiro atoms. The number of amides is 2. The van der Waals surface area contributed by atoms with E-state index in [1.54, 1.807) is 17.4 Å². The van der Waals surface area contributed by atoms with Crippen molar-refractivity contribution in [2.75, 3.05) is 5.32 Å². The van der Waals surface area contributed by atoms with Gasteiger partial charge in [-0.2, -0.15) is 0 Å². The van der Waals surface area contributed by atoms with E-state index in [1.165, 1.54) is 37.1 Å². The van der Waals surface area contributed by atoms with Gasteiger partial charge in [0.05, 0.1) is 14.9 Å². The molecule has 4 nitrogen and oxygen atoms in total. The van der Waals surface area contributed by atoms with Gasteiger partial charge in [0.1, 0.15) is 0 Å². The van der Waals surface area contributed by atoms with Gasteiger partial charge in [-0.15, -0.1) is 11.3 Å². The first-order valence-electron chi connectivity index (χ1n) is 10.0. The zero-order valence-electron chi connectivity index (χ0n) is 16.2. The topological polar surface area (TPSA) is 54.0 Å². The monoisotopic (exact) mass is 425 g/mol. The molecule has 1 fully saturated rings. The lowest BCUT2D eigenvalue weighted by atomic mass is 9.90. The number of halogens is 1. The van der Waals surface area contributed by atoms with Crippen LogP contribution in [-0.2, 0) is 6.54 Å². The van der Waals surface area contributed by atoms with Gasteiger partial charge in [-0.3, -0.25) is 0 Å². The third-order valence-corrected chi connectivity index (χ3v) is 6.77. The fraction of sp³-hybridized carbons (Fsp3) is 0.304. The van der Waals surface area contributed by atoms with E-state index >= 15 is 0 Å². The SMILES string of the molecule is O=C(NCc1ccccc1)Nc1ccc(-c2cnc(C3CCCCC3)s2)c(Cl)c1. The molecule has 3 aromatic rings. The molecule has 0 unspecified atom stereocenters. The van der Waals surface area contributed by atoms with Crippen molar-refractivity contribution in [3.63, 3.8) is 0 Å². The molecule has 0 aliphatic heterocycles. The number of nitrogens with zero attached hydrogens (tertiary/aromatic N) is 1. The minimum absolute atomic E-state index is 0.255. The Balaban J connectivity index is 1.39. The lowest BCUT2D eigenvalue weighted by Crippen LogP contribution is -2.28. The van der Waals surface area contributed by atoms with Crippen molar-refractivity contribution < 1.29 is 4.79 Å². The van der Waals surface area contributed by atoms with Crippen molar-refractivity contribution in [1.82, 2.24) is 10.3 Å². The van der Waals surface area contributed by atoms with E-state index in [9.17, 15) is 4.79 Å². The largest absolute Gasteiger partial charge is 0.334 e. The minimum atomic E-state index is -0.255. The number of aromatic nitrogens is 1. The van der Waals surface area contributed by atoms with E-state index in [0.717, 1.165) is 16.0 Å². The van der Waals surface area contributed by atoms with Gasteiger partial charge in [0.2, 0.25) is 0 Å². The second-order valence-corrected chi connectivity index (χ2v) is 8.86. The lowest BCUT2D eigenvalue weighted by molar-refractivity contribution is 0.251. The van der Waals surface area contributed by atoms with Crippen LogP contribution in [0.25, 0.3) is 10.4 Å². The number of urea groups is 1. The molecule has 0 saturated heterocycles. The van der Waals surface area contributed by atoms with Crippen LogP contribution in [-0.4, -0.2) is 11.0 Å². The second kappa shape index (κ2) is 9.42. The average Bonchev–Trinajstić information content (AvgIpc) is 3.24. The Labute approximate surface area is 180 Å². The molecule has 2 N–H and O–H groups in total. The summed E-state index contributed by atoms with van der Waals surface area (Å²) in [6, 6.07) is 15.2. The summed E-state index contributed by atoms with van der Waals surface area (Å²) in [4.78, 5) is 17.9. The molecule has 6 heteroatoms. The highest BCUT2D eigenvalue weighted by atomic mass is 35.5. The van der Waals surface area contributed by atoms with Gasteiger partial charge in [-0.05, 0) is 36.6 Å². The van der Waals surface area contributed by atoms with Gasteiger partial charge < -0.3 is 10.6 Å². The molecule has 4 rings (SSSR count). The van der Waals surface area contributed by atoms with Crippen LogP contribution in [0.2, 0.25) is 5.02 Å². The normalized spacial score (nSPS) is 14.5. The van der Waals surface area contributed by atoms with E-state index < -0.39 is 0 Å². The summed E-state index contributed by atoms with van der Waals surface area (Å²) in [5, 5.41) is 7.53. The molecule has 2 amide bonds. The van der Waals surface area contributed by atoms with Crippen molar-refractivity contribution in [1.29, 1.82) is 0 Å². The maximum atomic E-state index is 12.2. The van der Waals surface area contributed by atoms with Crippen molar-refractivity contribution in [3.8, 4) is 10.4 Å². The number of hydrogen-bond acceptors (Lipinski definition) is 3. The fourth-order valence-electron chi connectivity index (χ4n) is 3.70. The van der Waals surface area contributed by atoms with Gasteiger partial charge in [-0.25, -0.2) is 9.78 Å². The molecule has 0 radical (unpaired) electrons. The summed E-state index contributed by atoms with van der Waals surface area (Å²) in [6.07, 6.45) is 8.34. The van der Waals surface area contributed by atoms with Gasteiger partial charge in [0.15, 0.2) is 0 Å². The second-order valence-electron chi connectivity index (χ2n) is 7.39. The van der Waals surface area contributed by atoms with E-state index in [4.69, 9.17) is 11.6 Å². The summed E-state index contributed by atoms with van der Waals surface area (Å²) in [6.45, 7) is 0.475. The predicted molar refractivity (Wildman–Crippen MR) is 121 cm³/mol. The molecule has 1 saturated carbocycles. The van der Waals surface area contributed by atoms with Crippen LogP contribution in [0.3, 0.4) is 0 Å². The summed E-state index contributed by atoms with van der Waals surface area (Å²) >= 11 is 8.26. The minimum Gasteiger partial charge on any atom is -0.334 e. The molecular formula is C23H24ClN3OS. The number of benzene rings is 2. The molecule has 150 valence electrons. The molecule has 0 bridgehead atoms. The first-order valence-corrected chi connectivity index (χ1v) is 11.2. The quantitative estimate of drug-likeness (QED) is 0.470. The Hall–Kier alpha value is -2.37. The zero-order chi connectivity index (χ0) is 20.1. The summed E-state index contributed by atoms with van der Waals surface area (Å²) < 4.78 is 0. The van der Waals surface area contributed by atoms with Crippen molar-refractivity contribution in [2.45, 2.75) is 44.6 Å². The number of hydrogen-bond donors (Lipinski definition) is 2. The highest BCUT2D eigenvalue weighted by Gasteiger charge is 2.19. The summed E-state index contributed by atoms with van der Waals surface area (Å²) in [5.41, 5.74) is 2.68. The lowest BCUT2D eigenvalue weighted by Gasteiger charge is -2.18. The number of carbonyl (C=O) groups is 1. The van der Waals surface area contributed by atoms with Crippen LogP contribution < -0.4 is 10.6 Å². The number of carbonyl (C=O) groups excluding carboxylic acids is 1. The number of anilines is 1. The fourth-order valence-corrected chi connectivity index (χ4v) is 5.16. The first-order chi connectivity index (χ1) is 14.2. The molecule has 1 aromatic heterocycles. The van der Waals surface area contributed by atoms with E-state index in [0.29, 0.717) is 23.2 Å². The zero-order valence-corrected chi connectivity index (χ0v) is 17.7. The molecule has 1 aliphatic rings. The highest BCUT2D eigenvalue weighted by Crippen LogP contribution is 2.39. The third-order valence-electron chi connectivity index (χ3n) is 5.27. The Kier molecular flexibility index (Phi) is 6.47. The van der Waals surface area contributed by atoms with Gasteiger partial charge in [0, 0.05) is 29.9 Å². The molecular weight excluding hydrogens is 402 g/mol. The van der Waals surface area contributed by atoms with Crippen LogP contribution in [0.15, 0.2) is 54.7 Å². The van der Waals surface area contributed by atoms with E-state index in [2.05, 4.69) is 15.6 Å². The Bertz CT molecular complexity index is 967. The molecule has 29 heavy (non-hydrogen) atoms. The number of nitrogens with one attached hydrogen (secondary N) is 2. The smallest absolute Gasteiger partial charge is 0.319 e. The molecule has 2 aromatic carbocycles. The van der Waals surface area contributed by atoms with Crippen molar-refractivity contribution in [2.24, 2.45) is 0 Å². The average molecular weight is 426 g/mol. The van der Waals surface area contributed by atoms with E-state index in [-0.39, 0.29) is 6.03 Å². The first kappa shape index (κ1) is 19.9. The molecule has 0 atom stereocenters. The summed E-state index contributed by atoms with van der Waals surface area (Å²) in [5.74, 6) is 0.593. The Morgan fingerprint density at radius 1 is 1.10 bits per heavy atom.